The molecule has 0 bridgehead atoms. The van der Waals surface area contributed by atoms with Crippen molar-refractivity contribution in [3.8, 4) is 5.75 Å². The summed E-state index contributed by atoms with van der Waals surface area (Å²) in [4.78, 5) is 11.8. The topological polar surface area (TPSA) is 47.6 Å². The summed E-state index contributed by atoms with van der Waals surface area (Å²) in [5.74, 6) is 1.02. The van der Waals surface area contributed by atoms with Crippen molar-refractivity contribution in [2.45, 2.75) is 32.8 Å². The maximum atomic E-state index is 11.8. The first-order chi connectivity index (χ1) is 9.65. The summed E-state index contributed by atoms with van der Waals surface area (Å²) in [5.41, 5.74) is 1.17. The molecular formula is C16H23NO3. The number of amides is 1. The first-order valence-electron chi connectivity index (χ1n) is 7.26. The molecule has 1 fully saturated rings. The predicted octanol–water partition coefficient (Wildman–Crippen LogP) is 2.17. The van der Waals surface area contributed by atoms with Crippen molar-refractivity contribution >= 4 is 5.91 Å². The number of ether oxygens (including phenoxy) is 2. The van der Waals surface area contributed by atoms with Crippen LogP contribution in [0, 0.1) is 5.92 Å². The van der Waals surface area contributed by atoms with E-state index in [4.69, 9.17) is 9.47 Å². The van der Waals surface area contributed by atoms with E-state index in [1.807, 2.05) is 32.0 Å². The number of nitrogens with one attached hydrogen (secondary N) is 1. The highest BCUT2D eigenvalue weighted by molar-refractivity contribution is 5.78. The lowest BCUT2D eigenvalue weighted by Crippen LogP contribution is -2.32. The van der Waals surface area contributed by atoms with Crippen LogP contribution in [0.4, 0.5) is 0 Å². The molecule has 0 radical (unpaired) electrons. The molecule has 1 aromatic carbocycles. The highest BCUT2D eigenvalue weighted by Crippen LogP contribution is 2.15. The fourth-order valence-electron chi connectivity index (χ4n) is 2.26. The summed E-state index contributed by atoms with van der Waals surface area (Å²) < 4.78 is 10.9. The van der Waals surface area contributed by atoms with Crippen LogP contribution in [0.15, 0.2) is 24.3 Å². The maximum Gasteiger partial charge on any atom is 0.225 e. The molecule has 110 valence electrons. The van der Waals surface area contributed by atoms with Gasteiger partial charge in [0.2, 0.25) is 5.91 Å². The summed E-state index contributed by atoms with van der Waals surface area (Å²) in [6.07, 6.45) is 1.82. The highest BCUT2D eigenvalue weighted by Gasteiger charge is 2.22. The normalized spacial score (nSPS) is 18.2. The third-order valence-electron chi connectivity index (χ3n) is 3.28. The van der Waals surface area contributed by atoms with Gasteiger partial charge < -0.3 is 14.8 Å². The van der Waals surface area contributed by atoms with Gasteiger partial charge in [-0.1, -0.05) is 12.1 Å². The number of carbonyl (C=O) groups is 1. The van der Waals surface area contributed by atoms with E-state index in [9.17, 15) is 4.79 Å². The van der Waals surface area contributed by atoms with Gasteiger partial charge in [0.25, 0.3) is 0 Å². The minimum absolute atomic E-state index is 0.0330. The number of carbonyl (C=O) groups excluding carboxylic acids is 1. The lowest BCUT2D eigenvalue weighted by atomic mass is 10.1. The zero-order valence-corrected chi connectivity index (χ0v) is 12.2. The quantitative estimate of drug-likeness (QED) is 0.867. The first-order valence-corrected chi connectivity index (χ1v) is 7.26. The molecule has 0 aromatic heterocycles. The van der Waals surface area contributed by atoms with E-state index >= 15 is 0 Å². The average Bonchev–Trinajstić information content (AvgIpc) is 2.92. The van der Waals surface area contributed by atoms with Crippen LogP contribution in [-0.4, -0.2) is 31.8 Å². The molecule has 20 heavy (non-hydrogen) atoms. The third kappa shape index (κ3) is 4.53. The molecule has 1 aliphatic rings. The van der Waals surface area contributed by atoms with E-state index in [1.54, 1.807) is 0 Å². The molecule has 1 aromatic rings. The SMILES string of the molecule is CC(C)Oc1cccc(CCNC(=O)C2CCOC2)c1. The molecular weight excluding hydrogens is 254 g/mol. The van der Waals surface area contributed by atoms with Crippen LogP contribution in [0.1, 0.15) is 25.8 Å². The Morgan fingerprint density at radius 2 is 2.35 bits per heavy atom. The Kier molecular flexibility index (Phi) is 5.41. The Morgan fingerprint density at radius 1 is 1.50 bits per heavy atom. The second-order valence-electron chi connectivity index (χ2n) is 5.42. The molecule has 0 spiro atoms. The fraction of sp³-hybridized carbons (Fsp3) is 0.562. The van der Waals surface area contributed by atoms with Crippen LogP contribution in [0.5, 0.6) is 5.75 Å². The number of benzene rings is 1. The van der Waals surface area contributed by atoms with Gasteiger partial charge in [-0.25, -0.2) is 0 Å². The Labute approximate surface area is 120 Å². The van der Waals surface area contributed by atoms with Crippen LogP contribution >= 0.6 is 0 Å². The van der Waals surface area contributed by atoms with E-state index in [0.29, 0.717) is 19.8 Å². The molecule has 1 amide bonds. The first kappa shape index (κ1) is 14.9. The van der Waals surface area contributed by atoms with Gasteiger partial charge in [0, 0.05) is 13.2 Å². The molecule has 1 aliphatic heterocycles. The van der Waals surface area contributed by atoms with Crippen molar-refractivity contribution in [1.29, 1.82) is 0 Å². The fourth-order valence-corrected chi connectivity index (χ4v) is 2.26. The van der Waals surface area contributed by atoms with E-state index < -0.39 is 0 Å². The number of hydrogen-bond donors (Lipinski definition) is 1. The van der Waals surface area contributed by atoms with Crippen molar-refractivity contribution in [1.82, 2.24) is 5.32 Å². The van der Waals surface area contributed by atoms with Crippen LogP contribution < -0.4 is 10.1 Å². The Hall–Kier alpha value is -1.55. The van der Waals surface area contributed by atoms with Crippen molar-refractivity contribution in [3.63, 3.8) is 0 Å². The lowest BCUT2D eigenvalue weighted by molar-refractivity contribution is -0.124. The van der Waals surface area contributed by atoms with Crippen LogP contribution in [0.3, 0.4) is 0 Å². The Morgan fingerprint density at radius 3 is 3.05 bits per heavy atom. The molecule has 1 heterocycles. The minimum atomic E-state index is 0.0330. The zero-order chi connectivity index (χ0) is 14.4. The van der Waals surface area contributed by atoms with Crippen molar-refractivity contribution < 1.29 is 14.3 Å². The molecule has 1 saturated heterocycles. The van der Waals surface area contributed by atoms with Crippen LogP contribution in [0.25, 0.3) is 0 Å². The molecule has 0 aliphatic carbocycles. The minimum Gasteiger partial charge on any atom is -0.491 e. The summed E-state index contributed by atoms with van der Waals surface area (Å²) >= 11 is 0. The maximum absolute atomic E-state index is 11.8. The van der Waals surface area contributed by atoms with Gasteiger partial charge in [0.1, 0.15) is 5.75 Å². The molecule has 1 atom stereocenters. The van der Waals surface area contributed by atoms with Crippen molar-refractivity contribution in [2.24, 2.45) is 5.92 Å². The lowest BCUT2D eigenvalue weighted by Gasteiger charge is -2.12. The van der Waals surface area contributed by atoms with Crippen molar-refractivity contribution in [2.75, 3.05) is 19.8 Å². The number of rotatable bonds is 6. The van der Waals surface area contributed by atoms with E-state index in [0.717, 1.165) is 18.6 Å². The molecule has 4 heteroatoms. The van der Waals surface area contributed by atoms with Crippen molar-refractivity contribution in [3.05, 3.63) is 29.8 Å². The zero-order valence-electron chi connectivity index (χ0n) is 12.2. The van der Waals surface area contributed by atoms with E-state index in [2.05, 4.69) is 11.4 Å². The van der Waals surface area contributed by atoms with Crippen LogP contribution in [0.2, 0.25) is 0 Å². The van der Waals surface area contributed by atoms with E-state index in [1.165, 1.54) is 5.56 Å². The molecule has 1 unspecified atom stereocenters. The predicted molar refractivity (Wildman–Crippen MR) is 77.8 cm³/mol. The highest BCUT2D eigenvalue weighted by atomic mass is 16.5. The second kappa shape index (κ2) is 7.29. The van der Waals surface area contributed by atoms with Gasteiger partial charge in [-0.05, 0) is 44.4 Å². The van der Waals surface area contributed by atoms with Gasteiger partial charge in [0.05, 0.1) is 18.6 Å². The van der Waals surface area contributed by atoms with Gasteiger partial charge in [-0.15, -0.1) is 0 Å². The molecule has 0 saturated carbocycles. The molecule has 1 N–H and O–H groups in total. The monoisotopic (exact) mass is 277 g/mol. The van der Waals surface area contributed by atoms with E-state index in [-0.39, 0.29) is 17.9 Å². The Balaban J connectivity index is 1.77. The smallest absolute Gasteiger partial charge is 0.225 e. The largest absolute Gasteiger partial charge is 0.491 e. The third-order valence-corrected chi connectivity index (χ3v) is 3.28. The second-order valence-corrected chi connectivity index (χ2v) is 5.42. The summed E-state index contributed by atoms with van der Waals surface area (Å²) in [6.45, 7) is 5.93. The Bertz CT molecular complexity index is 439. The standard InChI is InChI=1S/C16H23NO3/c1-12(2)20-15-5-3-4-13(10-15)6-8-17-16(18)14-7-9-19-11-14/h3-5,10,12,14H,6-9,11H2,1-2H3,(H,17,18). The summed E-state index contributed by atoms with van der Waals surface area (Å²) in [6, 6.07) is 8.03. The van der Waals surface area contributed by atoms with Gasteiger partial charge in [-0.3, -0.25) is 4.79 Å². The summed E-state index contributed by atoms with van der Waals surface area (Å²) in [7, 11) is 0. The average molecular weight is 277 g/mol. The summed E-state index contributed by atoms with van der Waals surface area (Å²) in [5, 5.41) is 2.97. The molecule has 2 rings (SSSR count). The van der Waals surface area contributed by atoms with Gasteiger partial charge in [0.15, 0.2) is 0 Å². The molecule has 4 nitrogen and oxygen atoms in total. The van der Waals surface area contributed by atoms with Gasteiger partial charge in [-0.2, -0.15) is 0 Å². The van der Waals surface area contributed by atoms with Crippen LogP contribution in [-0.2, 0) is 16.0 Å². The van der Waals surface area contributed by atoms with Gasteiger partial charge >= 0.3 is 0 Å². The number of hydrogen-bond acceptors (Lipinski definition) is 3.